The summed E-state index contributed by atoms with van der Waals surface area (Å²) >= 11 is 0. The Morgan fingerprint density at radius 3 is 2.76 bits per heavy atom. The number of halogens is 1. The zero-order valence-electron chi connectivity index (χ0n) is 13.4. The van der Waals surface area contributed by atoms with Crippen LogP contribution in [-0.4, -0.2) is 18.1 Å². The lowest BCUT2D eigenvalue weighted by molar-refractivity contribution is 0.0246. The summed E-state index contributed by atoms with van der Waals surface area (Å²) in [7, 11) is 1.81. The van der Waals surface area contributed by atoms with E-state index in [1.807, 2.05) is 0 Å². The van der Waals surface area contributed by atoms with Gasteiger partial charge in [-0.25, -0.2) is 9.37 Å². The van der Waals surface area contributed by atoms with Gasteiger partial charge in [0.1, 0.15) is 6.10 Å². The predicted molar refractivity (Wildman–Crippen MR) is 80.6 cm³/mol. The van der Waals surface area contributed by atoms with Crippen LogP contribution in [0.2, 0.25) is 0 Å². The van der Waals surface area contributed by atoms with Gasteiger partial charge in [-0.05, 0) is 43.7 Å². The number of hydrogen-bond donors (Lipinski definition) is 1. The Morgan fingerprint density at radius 1 is 1.43 bits per heavy atom. The zero-order valence-corrected chi connectivity index (χ0v) is 13.4. The molecule has 3 nitrogen and oxygen atoms in total. The van der Waals surface area contributed by atoms with Gasteiger partial charge in [0, 0.05) is 23.7 Å². The van der Waals surface area contributed by atoms with Crippen molar-refractivity contribution in [2.24, 2.45) is 16.7 Å². The lowest BCUT2D eigenvalue weighted by atomic mass is 9.70. The fraction of sp³-hybridized carbons (Fsp3) is 0.706. The van der Waals surface area contributed by atoms with Gasteiger partial charge in [0.05, 0.1) is 0 Å². The van der Waals surface area contributed by atoms with Gasteiger partial charge in [0.2, 0.25) is 0 Å². The Balaban J connectivity index is 1.84. The van der Waals surface area contributed by atoms with Crippen LogP contribution in [0.1, 0.15) is 45.6 Å². The normalized spacial score (nSPS) is 33.4. The smallest absolute Gasteiger partial charge is 0.251 e. The van der Waals surface area contributed by atoms with E-state index in [9.17, 15) is 4.39 Å². The van der Waals surface area contributed by atoms with Crippen molar-refractivity contribution in [3.05, 3.63) is 23.6 Å². The predicted octanol–water partition coefficient (Wildman–Crippen LogP) is 3.53. The van der Waals surface area contributed by atoms with Gasteiger partial charge in [-0.3, -0.25) is 0 Å². The van der Waals surface area contributed by atoms with Crippen molar-refractivity contribution >= 4 is 0 Å². The maximum atomic E-state index is 14.4. The van der Waals surface area contributed by atoms with Gasteiger partial charge in [0.25, 0.3) is 5.88 Å². The fourth-order valence-corrected chi connectivity index (χ4v) is 4.31. The monoisotopic (exact) mass is 292 g/mol. The molecule has 1 aromatic rings. The van der Waals surface area contributed by atoms with Crippen LogP contribution in [0.15, 0.2) is 12.3 Å². The SMILES string of the molecule is CNCc1ccnc(OC2CC3CCC2(C)C3(C)C)c1F. The van der Waals surface area contributed by atoms with E-state index in [-0.39, 0.29) is 28.6 Å². The first-order valence-electron chi connectivity index (χ1n) is 7.85. The second kappa shape index (κ2) is 4.94. The molecule has 3 rings (SSSR count). The lowest BCUT2D eigenvalue weighted by Gasteiger charge is -2.38. The number of rotatable bonds is 4. The van der Waals surface area contributed by atoms with E-state index in [0.29, 0.717) is 18.0 Å². The molecule has 3 atom stereocenters. The molecule has 2 bridgehead atoms. The van der Waals surface area contributed by atoms with Crippen LogP contribution in [0.25, 0.3) is 0 Å². The Hall–Kier alpha value is -1.16. The second-order valence-corrected chi connectivity index (χ2v) is 7.34. The highest BCUT2D eigenvalue weighted by molar-refractivity contribution is 5.25. The number of aromatic nitrogens is 1. The van der Waals surface area contributed by atoms with Crippen LogP contribution in [-0.2, 0) is 6.54 Å². The second-order valence-electron chi connectivity index (χ2n) is 7.34. The molecule has 1 heterocycles. The lowest BCUT2D eigenvalue weighted by Crippen LogP contribution is -2.39. The van der Waals surface area contributed by atoms with Crippen molar-refractivity contribution < 1.29 is 9.13 Å². The summed E-state index contributed by atoms with van der Waals surface area (Å²) in [6.07, 6.45) is 5.14. The maximum Gasteiger partial charge on any atom is 0.251 e. The van der Waals surface area contributed by atoms with Gasteiger partial charge in [-0.2, -0.15) is 0 Å². The minimum absolute atomic E-state index is 0.0677. The third-order valence-corrected chi connectivity index (χ3v) is 6.27. The first kappa shape index (κ1) is 14.8. The van der Waals surface area contributed by atoms with Crippen LogP contribution in [0.4, 0.5) is 4.39 Å². The van der Waals surface area contributed by atoms with Gasteiger partial charge in [-0.15, -0.1) is 0 Å². The highest BCUT2D eigenvalue weighted by atomic mass is 19.1. The molecule has 0 aromatic carbocycles. The fourth-order valence-electron chi connectivity index (χ4n) is 4.31. The maximum absolute atomic E-state index is 14.4. The number of nitrogens with zero attached hydrogens (tertiary/aromatic N) is 1. The van der Waals surface area contributed by atoms with Crippen molar-refractivity contribution in [1.29, 1.82) is 0 Å². The van der Waals surface area contributed by atoms with E-state index in [4.69, 9.17) is 4.74 Å². The summed E-state index contributed by atoms with van der Waals surface area (Å²) < 4.78 is 20.5. The van der Waals surface area contributed by atoms with Gasteiger partial charge in [-0.1, -0.05) is 20.8 Å². The van der Waals surface area contributed by atoms with Crippen LogP contribution >= 0.6 is 0 Å². The summed E-state index contributed by atoms with van der Waals surface area (Å²) in [6.45, 7) is 7.44. The van der Waals surface area contributed by atoms with Crippen LogP contribution in [0.3, 0.4) is 0 Å². The minimum atomic E-state index is -0.323. The molecule has 0 spiro atoms. The van der Waals surface area contributed by atoms with E-state index in [1.165, 1.54) is 6.42 Å². The molecule has 2 aliphatic carbocycles. The molecule has 1 aromatic heterocycles. The van der Waals surface area contributed by atoms with E-state index in [2.05, 4.69) is 31.1 Å². The third-order valence-electron chi connectivity index (χ3n) is 6.27. The summed E-state index contributed by atoms with van der Waals surface area (Å²) in [5, 5.41) is 2.97. The first-order valence-corrected chi connectivity index (χ1v) is 7.85. The summed E-state index contributed by atoms with van der Waals surface area (Å²) in [5.41, 5.74) is 0.983. The molecule has 0 saturated heterocycles. The summed E-state index contributed by atoms with van der Waals surface area (Å²) in [4.78, 5) is 4.12. The summed E-state index contributed by atoms with van der Waals surface area (Å²) in [5.74, 6) is 0.518. The van der Waals surface area contributed by atoms with E-state index >= 15 is 0 Å². The molecule has 0 radical (unpaired) electrons. The van der Waals surface area contributed by atoms with E-state index < -0.39 is 0 Å². The Kier molecular flexibility index (Phi) is 3.47. The molecule has 21 heavy (non-hydrogen) atoms. The minimum Gasteiger partial charge on any atom is -0.472 e. The van der Waals surface area contributed by atoms with Crippen molar-refractivity contribution in [1.82, 2.24) is 10.3 Å². The molecule has 0 aliphatic heterocycles. The van der Waals surface area contributed by atoms with Crippen molar-refractivity contribution in [3.8, 4) is 5.88 Å². The van der Waals surface area contributed by atoms with Crippen molar-refractivity contribution in [3.63, 3.8) is 0 Å². The van der Waals surface area contributed by atoms with E-state index in [1.54, 1.807) is 19.3 Å². The quantitative estimate of drug-likeness (QED) is 0.921. The molecular weight excluding hydrogens is 267 g/mol. The molecule has 116 valence electrons. The van der Waals surface area contributed by atoms with Crippen LogP contribution < -0.4 is 10.1 Å². The van der Waals surface area contributed by atoms with E-state index in [0.717, 1.165) is 12.8 Å². The number of fused-ring (bicyclic) bond motifs is 2. The van der Waals surface area contributed by atoms with Crippen LogP contribution in [0.5, 0.6) is 5.88 Å². The zero-order chi connectivity index (χ0) is 15.3. The highest BCUT2D eigenvalue weighted by Gasteiger charge is 2.62. The average Bonchev–Trinajstić information content (AvgIpc) is 2.76. The van der Waals surface area contributed by atoms with Crippen molar-refractivity contribution in [2.45, 2.75) is 52.7 Å². The standard InChI is InChI=1S/C17H25FN2O/c1-16(2)12-5-7-17(16,3)13(9-12)21-15-14(18)11(10-19-4)6-8-20-15/h6,8,12-13,19H,5,7,9-10H2,1-4H3. The molecule has 2 fully saturated rings. The highest BCUT2D eigenvalue weighted by Crippen LogP contribution is 2.66. The molecule has 2 aliphatic rings. The van der Waals surface area contributed by atoms with Crippen LogP contribution in [0, 0.1) is 22.6 Å². The summed E-state index contributed by atoms with van der Waals surface area (Å²) in [6, 6.07) is 1.70. The average molecular weight is 292 g/mol. The van der Waals surface area contributed by atoms with Gasteiger partial charge < -0.3 is 10.1 Å². The molecule has 0 amide bonds. The number of ether oxygens (including phenoxy) is 1. The number of pyridine rings is 1. The Labute approximate surface area is 126 Å². The topological polar surface area (TPSA) is 34.2 Å². The van der Waals surface area contributed by atoms with Gasteiger partial charge >= 0.3 is 0 Å². The molecule has 3 unspecified atom stereocenters. The van der Waals surface area contributed by atoms with Gasteiger partial charge in [0.15, 0.2) is 5.82 Å². The van der Waals surface area contributed by atoms with Crippen molar-refractivity contribution in [2.75, 3.05) is 7.05 Å². The largest absolute Gasteiger partial charge is 0.472 e. The first-order chi connectivity index (χ1) is 9.90. The molecule has 1 N–H and O–H groups in total. The molecular formula is C17H25FN2O. The molecule has 4 heteroatoms. The Morgan fingerprint density at radius 2 is 2.19 bits per heavy atom. The molecule has 2 saturated carbocycles. The number of nitrogens with one attached hydrogen (secondary N) is 1. The number of hydrogen-bond acceptors (Lipinski definition) is 3. The Bertz CT molecular complexity index is 546. The third kappa shape index (κ3) is 2.07.